The highest BCUT2D eigenvalue weighted by molar-refractivity contribution is 5.68. The van der Waals surface area contributed by atoms with Crippen LogP contribution in [0.15, 0.2) is 6.33 Å². The van der Waals surface area contributed by atoms with Crippen LogP contribution in [-0.4, -0.2) is 29.7 Å². The smallest absolute Gasteiger partial charge is 0.242 e. The lowest BCUT2D eigenvalue weighted by Gasteiger charge is -2.19. The van der Waals surface area contributed by atoms with E-state index >= 15 is 0 Å². The first-order valence-electron chi connectivity index (χ1n) is 5.46. The number of anilines is 2. The van der Waals surface area contributed by atoms with Crippen LogP contribution in [-0.2, 0) is 0 Å². The van der Waals surface area contributed by atoms with Crippen LogP contribution >= 0.6 is 0 Å². The lowest BCUT2D eigenvalue weighted by atomic mass is 10.4. The van der Waals surface area contributed by atoms with Gasteiger partial charge in [-0.05, 0) is 6.42 Å². The summed E-state index contributed by atoms with van der Waals surface area (Å²) in [6.07, 6.45) is 2.14. The fourth-order valence-corrected chi connectivity index (χ4v) is 1.31. The van der Waals surface area contributed by atoms with Gasteiger partial charge in [0.2, 0.25) is 5.88 Å². The van der Waals surface area contributed by atoms with E-state index in [0.717, 1.165) is 6.42 Å². The van der Waals surface area contributed by atoms with Crippen LogP contribution in [0.1, 0.15) is 13.3 Å². The largest absolute Gasteiger partial charge is 0.476 e. The molecule has 0 saturated carbocycles. The van der Waals surface area contributed by atoms with Gasteiger partial charge in [-0.25, -0.2) is 4.98 Å². The average molecular weight is 246 g/mol. The van der Waals surface area contributed by atoms with E-state index in [0.29, 0.717) is 12.4 Å². The van der Waals surface area contributed by atoms with Gasteiger partial charge in [-0.1, -0.05) is 6.92 Å². The van der Waals surface area contributed by atoms with E-state index in [-0.39, 0.29) is 24.7 Å². The predicted molar refractivity (Wildman–Crippen MR) is 65.7 cm³/mol. The van der Waals surface area contributed by atoms with Crippen molar-refractivity contribution in [2.45, 2.75) is 13.3 Å². The lowest BCUT2D eigenvalue weighted by Crippen LogP contribution is -2.26. The topological polar surface area (TPSA) is 112 Å². The predicted octanol–water partition coefficient (Wildman–Crippen LogP) is 0.701. The molecule has 1 heterocycles. The minimum atomic E-state index is 0.0298. The van der Waals surface area contributed by atoms with Crippen LogP contribution in [0.2, 0.25) is 0 Å². The Morgan fingerprint density at radius 1 is 1.33 bits per heavy atom. The molecule has 0 saturated heterocycles. The molecule has 0 aromatic carbocycles. The van der Waals surface area contributed by atoms with Gasteiger partial charge in [-0.2, -0.15) is 15.5 Å². The molecule has 0 unspecified atom stereocenters. The Kier molecular flexibility index (Phi) is 5.20. The second-order valence-corrected chi connectivity index (χ2v) is 3.44. The minimum Gasteiger partial charge on any atom is -0.476 e. The molecule has 7 nitrogen and oxygen atoms in total. The first-order chi connectivity index (χ1) is 8.74. The first-order valence-corrected chi connectivity index (χ1v) is 5.46. The molecule has 0 bridgehead atoms. The summed E-state index contributed by atoms with van der Waals surface area (Å²) in [5.41, 5.74) is 6.12. The zero-order valence-corrected chi connectivity index (χ0v) is 10.1. The summed E-state index contributed by atoms with van der Waals surface area (Å²) in [6, 6.07) is 3.92. The molecule has 0 spiro atoms. The third-order valence-corrected chi connectivity index (χ3v) is 2.09. The van der Waals surface area contributed by atoms with Crippen LogP contribution in [0.5, 0.6) is 5.88 Å². The quantitative estimate of drug-likeness (QED) is 0.735. The molecule has 18 heavy (non-hydrogen) atoms. The molecule has 0 fully saturated rings. The van der Waals surface area contributed by atoms with Crippen LogP contribution in [0, 0.1) is 22.7 Å². The minimum absolute atomic E-state index is 0.0298. The van der Waals surface area contributed by atoms with Crippen LogP contribution < -0.4 is 15.4 Å². The van der Waals surface area contributed by atoms with Crippen molar-refractivity contribution >= 4 is 11.5 Å². The Balaban J connectivity index is 3.00. The van der Waals surface area contributed by atoms with E-state index in [2.05, 4.69) is 9.97 Å². The highest BCUT2D eigenvalue weighted by Gasteiger charge is 2.15. The van der Waals surface area contributed by atoms with E-state index in [9.17, 15) is 0 Å². The summed E-state index contributed by atoms with van der Waals surface area (Å²) < 4.78 is 5.36. The molecule has 0 aliphatic heterocycles. The van der Waals surface area contributed by atoms with Crippen LogP contribution in [0.4, 0.5) is 11.5 Å². The van der Waals surface area contributed by atoms with E-state index in [1.165, 1.54) is 11.2 Å². The molecule has 94 valence electrons. The van der Waals surface area contributed by atoms with Gasteiger partial charge in [0, 0.05) is 0 Å². The van der Waals surface area contributed by atoms with E-state index < -0.39 is 0 Å². The number of nitrogen functional groups attached to an aromatic ring is 1. The van der Waals surface area contributed by atoms with Gasteiger partial charge in [-0.15, -0.1) is 0 Å². The summed E-state index contributed by atoms with van der Waals surface area (Å²) in [5.74, 6) is 0.627. The zero-order chi connectivity index (χ0) is 13.4. The molecule has 1 aromatic heterocycles. The molecule has 1 aromatic rings. The molecule has 2 N–H and O–H groups in total. The van der Waals surface area contributed by atoms with Gasteiger partial charge in [0.15, 0.2) is 5.82 Å². The summed E-state index contributed by atoms with van der Waals surface area (Å²) >= 11 is 0. The first kappa shape index (κ1) is 13.5. The van der Waals surface area contributed by atoms with Crippen molar-refractivity contribution in [3.05, 3.63) is 6.33 Å². The number of nitrogens with two attached hydrogens (primary N) is 1. The molecular weight excluding hydrogens is 232 g/mol. The van der Waals surface area contributed by atoms with E-state index in [1.807, 2.05) is 19.1 Å². The van der Waals surface area contributed by atoms with Gasteiger partial charge in [0.1, 0.15) is 25.1 Å². The zero-order valence-electron chi connectivity index (χ0n) is 10.1. The third-order valence-electron chi connectivity index (χ3n) is 2.09. The molecule has 7 heteroatoms. The molecule has 0 aliphatic carbocycles. The molecule has 0 atom stereocenters. The standard InChI is InChI=1S/C11H14N6O/c1-2-7-18-11-9(14)10(15-8-16-11)17(5-3-12)6-4-13/h8H,2,5-7,14H2,1H3. The Labute approximate surface area is 105 Å². The Bertz CT molecular complexity index is 459. The number of nitriles is 2. The SMILES string of the molecule is CCCOc1ncnc(N(CC#N)CC#N)c1N. The van der Waals surface area contributed by atoms with Crippen LogP contribution in [0.3, 0.4) is 0 Å². The summed E-state index contributed by atoms with van der Waals surface area (Å²) in [4.78, 5) is 9.39. The Morgan fingerprint density at radius 2 is 2.00 bits per heavy atom. The normalized spacial score (nSPS) is 9.28. The van der Waals surface area contributed by atoms with Crippen molar-refractivity contribution in [3.8, 4) is 18.0 Å². The molecular formula is C11H14N6O. The molecule has 0 aliphatic rings. The second kappa shape index (κ2) is 6.92. The fourth-order valence-electron chi connectivity index (χ4n) is 1.31. The molecule has 1 rings (SSSR count). The number of ether oxygens (including phenoxy) is 1. The van der Waals surface area contributed by atoms with Crippen molar-refractivity contribution in [1.82, 2.24) is 9.97 Å². The monoisotopic (exact) mass is 246 g/mol. The maximum Gasteiger partial charge on any atom is 0.242 e. The number of rotatable bonds is 6. The van der Waals surface area contributed by atoms with Gasteiger partial charge in [-0.3, -0.25) is 0 Å². The van der Waals surface area contributed by atoms with Crippen molar-refractivity contribution in [1.29, 1.82) is 10.5 Å². The lowest BCUT2D eigenvalue weighted by molar-refractivity contribution is 0.306. The number of hydrogen-bond acceptors (Lipinski definition) is 7. The summed E-state index contributed by atoms with van der Waals surface area (Å²) in [6.45, 7) is 2.52. The van der Waals surface area contributed by atoms with Crippen LogP contribution in [0.25, 0.3) is 0 Å². The molecule has 0 radical (unpaired) electrons. The van der Waals surface area contributed by atoms with Crippen molar-refractivity contribution < 1.29 is 4.74 Å². The van der Waals surface area contributed by atoms with E-state index in [1.54, 1.807) is 0 Å². The van der Waals surface area contributed by atoms with Crippen molar-refractivity contribution in [3.63, 3.8) is 0 Å². The van der Waals surface area contributed by atoms with Gasteiger partial charge >= 0.3 is 0 Å². The maximum absolute atomic E-state index is 8.71. The van der Waals surface area contributed by atoms with E-state index in [4.69, 9.17) is 21.0 Å². The Hall–Kier alpha value is -2.54. The summed E-state index contributed by atoms with van der Waals surface area (Å²) in [7, 11) is 0. The average Bonchev–Trinajstić information content (AvgIpc) is 2.37. The third kappa shape index (κ3) is 3.22. The van der Waals surface area contributed by atoms with Crippen molar-refractivity contribution in [2.75, 3.05) is 30.3 Å². The van der Waals surface area contributed by atoms with Gasteiger partial charge in [0.05, 0.1) is 18.7 Å². The number of hydrogen-bond donors (Lipinski definition) is 1. The number of aromatic nitrogens is 2. The Morgan fingerprint density at radius 3 is 2.56 bits per heavy atom. The van der Waals surface area contributed by atoms with Gasteiger partial charge in [0.25, 0.3) is 0 Å². The second-order valence-electron chi connectivity index (χ2n) is 3.44. The summed E-state index contributed by atoms with van der Waals surface area (Å²) in [5, 5.41) is 17.4. The fraction of sp³-hybridized carbons (Fsp3) is 0.455. The maximum atomic E-state index is 8.71. The van der Waals surface area contributed by atoms with Crippen molar-refractivity contribution in [2.24, 2.45) is 0 Å². The highest BCUT2D eigenvalue weighted by Crippen LogP contribution is 2.27. The highest BCUT2D eigenvalue weighted by atomic mass is 16.5. The molecule has 0 amide bonds. The van der Waals surface area contributed by atoms with Gasteiger partial charge < -0.3 is 15.4 Å². The number of nitrogens with zero attached hydrogens (tertiary/aromatic N) is 5.